The summed E-state index contributed by atoms with van der Waals surface area (Å²) in [4.78, 5) is 15.9. The van der Waals surface area contributed by atoms with Crippen LogP contribution in [-0.4, -0.2) is 18.0 Å². The molecule has 5 nitrogen and oxygen atoms in total. The van der Waals surface area contributed by atoms with Gasteiger partial charge in [-0.2, -0.15) is 0 Å². The Balaban J connectivity index is 2.02. The van der Waals surface area contributed by atoms with Crippen LogP contribution in [0.2, 0.25) is 0 Å². The number of hydrogen-bond donors (Lipinski definition) is 2. The minimum atomic E-state index is -0.182. The third-order valence-corrected chi connectivity index (χ3v) is 2.67. The van der Waals surface area contributed by atoms with E-state index in [4.69, 9.17) is 10.5 Å². The van der Waals surface area contributed by atoms with Crippen molar-refractivity contribution in [3.8, 4) is 5.75 Å². The lowest BCUT2D eigenvalue weighted by atomic mass is 10.1. The van der Waals surface area contributed by atoms with E-state index in [2.05, 4.69) is 10.3 Å². The van der Waals surface area contributed by atoms with Gasteiger partial charge in [-0.05, 0) is 29.8 Å². The number of carbonyl (C=O) groups is 1. The molecule has 19 heavy (non-hydrogen) atoms. The molecule has 0 saturated carbocycles. The van der Waals surface area contributed by atoms with E-state index in [1.807, 2.05) is 12.1 Å². The number of anilines is 1. The Hall–Kier alpha value is -2.56. The highest BCUT2D eigenvalue weighted by Gasteiger charge is 2.08. The van der Waals surface area contributed by atoms with E-state index in [9.17, 15) is 4.79 Å². The molecule has 2 rings (SSSR count). The monoisotopic (exact) mass is 257 g/mol. The van der Waals surface area contributed by atoms with E-state index in [1.165, 1.54) is 7.11 Å². The van der Waals surface area contributed by atoms with Gasteiger partial charge in [0.15, 0.2) is 0 Å². The number of amides is 1. The highest BCUT2D eigenvalue weighted by molar-refractivity contribution is 5.95. The molecule has 1 aromatic heterocycles. The summed E-state index contributed by atoms with van der Waals surface area (Å²) in [5, 5.41) is 2.80. The van der Waals surface area contributed by atoms with E-state index in [0.717, 1.165) is 5.56 Å². The average molecular weight is 257 g/mol. The van der Waals surface area contributed by atoms with Crippen molar-refractivity contribution < 1.29 is 9.53 Å². The first kappa shape index (κ1) is 12.9. The molecule has 0 aliphatic rings. The molecule has 2 aromatic rings. The highest BCUT2D eigenvalue weighted by atomic mass is 16.5. The van der Waals surface area contributed by atoms with Crippen LogP contribution in [0.5, 0.6) is 5.75 Å². The van der Waals surface area contributed by atoms with Crippen LogP contribution < -0.4 is 15.8 Å². The van der Waals surface area contributed by atoms with Crippen molar-refractivity contribution in [3.63, 3.8) is 0 Å². The summed E-state index contributed by atoms with van der Waals surface area (Å²) in [5.41, 5.74) is 7.65. The molecule has 98 valence electrons. The number of nitrogen functional groups attached to an aromatic ring is 1. The normalized spacial score (nSPS) is 9.95. The van der Waals surface area contributed by atoms with Crippen LogP contribution in [0.15, 0.2) is 42.7 Å². The Morgan fingerprint density at radius 3 is 2.89 bits per heavy atom. The molecule has 0 aliphatic heterocycles. The number of methoxy groups -OCH3 is 1. The summed E-state index contributed by atoms with van der Waals surface area (Å²) in [7, 11) is 1.54. The predicted molar refractivity (Wildman–Crippen MR) is 72.8 cm³/mol. The molecule has 1 heterocycles. The smallest absolute Gasteiger partial charge is 0.251 e. The summed E-state index contributed by atoms with van der Waals surface area (Å²) in [6, 6.07) is 8.67. The lowest BCUT2D eigenvalue weighted by Crippen LogP contribution is -2.22. The Bertz CT molecular complexity index is 570. The van der Waals surface area contributed by atoms with Gasteiger partial charge in [-0.15, -0.1) is 0 Å². The van der Waals surface area contributed by atoms with Crippen LogP contribution in [0.1, 0.15) is 15.9 Å². The van der Waals surface area contributed by atoms with Crippen molar-refractivity contribution in [2.75, 3.05) is 12.8 Å². The Morgan fingerprint density at radius 2 is 2.26 bits per heavy atom. The Kier molecular flexibility index (Phi) is 3.97. The molecule has 0 aliphatic carbocycles. The molecular formula is C14H15N3O2. The van der Waals surface area contributed by atoms with Gasteiger partial charge in [0.05, 0.1) is 12.8 Å². The fraction of sp³-hybridized carbons (Fsp3) is 0.143. The molecule has 1 aromatic carbocycles. The lowest BCUT2D eigenvalue weighted by molar-refractivity contribution is 0.0951. The Labute approximate surface area is 111 Å². The summed E-state index contributed by atoms with van der Waals surface area (Å²) in [6.45, 7) is 0.429. The molecule has 0 unspecified atom stereocenters. The fourth-order valence-corrected chi connectivity index (χ4v) is 1.66. The summed E-state index contributed by atoms with van der Waals surface area (Å²) in [6.07, 6.45) is 3.40. The number of pyridine rings is 1. The maximum absolute atomic E-state index is 11.9. The topological polar surface area (TPSA) is 77.2 Å². The average Bonchev–Trinajstić information content (AvgIpc) is 2.45. The molecule has 0 atom stereocenters. The first-order valence-corrected chi connectivity index (χ1v) is 5.81. The van der Waals surface area contributed by atoms with Crippen LogP contribution in [0.4, 0.5) is 5.69 Å². The van der Waals surface area contributed by atoms with Crippen molar-refractivity contribution in [3.05, 3.63) is 53.9 Å². The fourth-order valence-electron chi connectivity index (χ4n) is 1.66. The molecular weight excluding hydrogens is 242 g/mol. The molecule has 0 radical (unpaired) electrons. The van der Waals surface area contributed by atoms with Gasteiger partial charge in [-0.25, -0.2) is 0 Å². The molecule has 0 spiro atoms. The van der Waals surface area contributed by atoms with Crippen LogP contribution >= 0.6 is 0 Å². The second-order valence-electron chi connectivity index (χ2n) is 4.00. The largest absolute Gasteiger partial charge is 0.495 e. The molecule has 3 N–H and O–H groups in total. The zero-order chi connectivity index (χ0) is 13.7. The summed E-state index contributed by atoms with van der Waals surface area (Å²) >= 11 is 0. The molecule has 5 heteroatoms. The first-order chi connectivity index (χ1) is 9.20. The number of rotatable bonds is 4. The molecule has 1 amide bonds. The van der Waals surface area contributed by atoms with Crippen LogP contribution in [0.25, 0.3) is 0 Å². The quantitative estimate of drug-likeness (QED) is 0.816. The van der Waals surface area contributed by atoms with E-state index in [-0.39, 0.29) is 5.91 Å². The summed E-state index contributed by atoms with van der Waals surface area (Å²) < 4.78 is 5.04. The standard InChI is InChI=1S/C14H15N3O2/c1-19-13-5-4-11(7-12(13)15)14(18)17-9-10-3-2-6-16-8-10/h2-8H,9,15H2,1H3,(H,17,18). The lowest BCUT2D eigenvalue weighted by Gasteiger charge is -2.08. The number of hydrogen-bond acceptors (Lipinski definition) is 4. The number of aromatic nitrogens is 1. The van der Waals surface area contributed by atoms with Gasteiger partial charge in [0.2, 0.25) is 0 Å². The second-order valence-corrected chi connectivity index (χ2v) is 4.00. The van der Waals surface area contributed by atoms with Crippen LogP contribution in [-0.2, 0) is 6.54 Å². The zero-order valence-corrected chi connectivity index (χ0v) is 10.6. The maximum Gasteiger partial charge on any atom is 0.251 e. The van der Waals surface area contributed by atoms with Gasteiger partial charge >= 0.3 is 0 Å². The van der Waals surface area contributed by atoms with Crippen LogP contribution in [0, 0.1) is 0 Å². The number of carbonyl (C=O) groups excluding carboxylic acids is 1. The van der Waals surface area contributed by atoms with Gasteiger partial charge < -0.3 is 15.8 Å². The zero-order valence-electron chi connectivity index (χ0n) is 10.6. The molecule has 0 bridgehead atoms. The van der Waals surface area contributed by atoms with Gasteiger partial charge in [0.25, 0.3) is 5.91 Å². The third kappa shape index (κ3) is 3.22. The number of nitrogens with zero attached hydrogens (tertiary/aromatic N) is 1. The minimum absolute atomic E-state index is 0.182. The highest BCUT2D eigenvalue weighted by Crippen LogP contribution is 2.21. The number of benzene rings is 1. The number of nitrogens with two attached hydrogens (primary N) is 1. The number of ether oxygens (including phenoxy) is 1. The molecule has 0 fully saturated rings. The molecule has 0 saturated heterocycles. The van der Waals surface area contributed by atoms with Gasteiger partial charge in [-0.3, -0.25) is 9.78 Å². The van der Waals surface area contributed by atoms with Crippen molar-refractivity contribution in [2.45, 2.75) is 6.54 Å². The predicted octanol–water partition coefficient (Wildman–Crippen LogP) is 1.60. The SMILES string of the molecule is COc1ccc(C(=O)NCc2cccnc2)cc1N. The Morgan fingerprint density at radius 1 is 1.42 bits per heavy atom. The van der Waals surface area contributed by atoms with Crippen molar-refractivity contribution in [2.24, 2.45) is 0 Å². The van der Waals surface area contributed by atoms with Crippen molar-refractivity contribution in [1.29, 1.82) is 0 Å². The summed E-state index contributed by atoms with van der Waals surface area (Å²) in [5.74, 6) is 0.377. The second kappa shape index (κ2) is 5.86. The minimum Gasteiger partial charge on any atom is -0.495 e. The third-order valence-electron chi connectivity index (χ3n) is 2.67. The van der Waals surface area contributed by atoms with Crippen LogP contribution in [0.3, 0.4) is 0 Å². The van der Waals surface area contributed by atoms with E-state index in [1.54, 1.807) is 30.6 Å². The van der Waals surface area contributed by atoms with Gasteiger partial charge in [-0.1, -0.05) is 6.07 Å². The van der Waals surface area contributed by atoms with Gasteiger partial charge in [0.1, 0.15) is 5.75 Å². The maximum atomic E-state index is 11.9. The van der Waals surface area contributed by atoms with Crippen molar-refractivity contribution >= 4 is 11.6 Å². The van der Waals surface area contributed by atoms with E-state index < -0.39 is 0 Å². The van der Waals surface area contributed by atoms with E-state index >= 15 is 0 Å². The first-order valence-electron chi connectivity index (χ1n) is 5.81. The van der Waals surface area contributed by atoms with Gasteiger partial charge in [0, 0.05) is 24.5 Å². The van der Waals surface area contributed by atoms with E-state index in [0.29, 0.717) is 23.5 Å². The van der Waals surface area contributed by atoms with Crippen molar-refractivity contribution in [1.82, 2.24) is 10.3 Å². The number of nitrogens with one attached hydrogen (secondary N) is 1.